The molecule has 1 aromatic rings. The molecule has 0 bridgehead atoms. The molecular formula is C17H24CoN7O4-. The Morgan fingerprint density at radius 1 is 0.966 bits per heavy atom. The van der Waals surface area contributed by atoms with Crippen LogP contribution >= 0.6 is 0 Å². The molecule has 11 nitrogen and oxygen atoms in total. The van der Waals surface area contributed by atoms with Gasteiger partial charge < -0.3 is 0 Å². The number of nitrogens with zero attached hydrogens (tertiary/aromatic N) is 5. The molecule has 4 N–H and O–H groups in total. The number of hydrogen-bond acceptors (Lipinski definition) is 11. The van der Waals surface area contributed by atoms with Crippen molar-refractivity contribution in [3.8, 4) is 12.1 Å². The molecule has 0 aliphatic carbocycles. The van der Waals surface area contributed by atoms with E-state index in [1.165, 1.54) is 20.3 Å². The number of nitroso groups, excluding NO2 is 2. The molecule has 0 amide bonds. The van der Waals surface area contributed by atoms with E-state index in [0.717, 1.165) is 0 Å². The Labute approximate surface area is 180 Å². The Morgan fingerprint density at radius 2 is 1.38 bits per heavy atom. The molecule has 12 heteroatoms. The van der Waals surface area contributed by atoms with Crippen LogP contribution < -0.4 is 11.0 Å². The molecule has 0 aliphatic heterocycles. The van der Waals surface area contributed by atoms with E-state index < -0.39 is 0 Å². The third kappa shape index (κ3) is 27.0. The van der Waals surface area contributed by atoms with Gasteiger partial charge in [-0.1, -0.05) is 12.5 Å². The van der Waals surface area contributed by atoms with Crippen LogP contribution in [0.5, 0.6) is 0 Å². The molecular weight excluding hydrogens is 425 g/mol. The quantitative estimate of drug-likeness (QED) is 0.225. The van der Waals surface area contributed by atoms with E-state index in [2.05, 4.69) is 15.3 Å². The molecule has 0 unspecified atom stereocenters. The first kappa shape index (κ1) is 33.3. The van der Waals surface area contributed by atoms with Gasteiger partial charge in [0.15, 0.2) is 0 Å². The Kier molecular flexibility index (Phi) is 30.9. The van der Waals surface area contributed by atoms with Crippen molar-refractivity contribution in [2.75, 3.05) is 0 Å². The Balaban J connectivity index is -0.000000143. The fourth-order valence-corrected chi connectivity index (χ4v) is 0.703. The number of hydrogen-bond donors (Lipinski definition) is 4. The van der Waals surface area contributed by atoms with Crippen LogP contribution in [0.15, 0.2) is 63.7 Å². The van der Waals surface area contributed by atoms with Crippen LogP contribution in [-0.2, 0) is 16.8 Å². The summed E-state index contributed by atoms with van der Waals surface area (Å²) in [6.45, 7) is 6.12. The standard InChI is InChI=1S/C5H5N.2C4H8N2O2.C4H3N2.Co/c1-2-4-6-5-3-1;2*1-3(5-7)4(2)6-8;5-3-1-2-4-6;/h1-5H;2*5,7H,1-2H3;1H,2H2;/q;;;-1;/b;2*4-3-;;. The van der Waals surface area contributed by atoms with E-state index in [1.54, 1.807) is 49.3 Å². The molecule has 1 radical (unpaired) electrons. The first-order valence-corrected chi connectivity index (χ1v) is 7.61. The van der Waals surface area contributed by atoms with Gasteiger partial charge in [-0.3, -0.25) is 32.8 Å². The number of allylic oxidation sites excluding steroid dienone is 4. The molecule has 161 valence electrons. The second-order valence-corrected chi connectivity index (χ2v) is 4.55. The molecule has 0 fully saturated rings. The monoisotopic (exact) mass is 449 g/mol. The van der Waals surface area contributed by atoms with Gasteiger partial charge in [-0.05, 0) is 50.2 Å². The number of hydroxylamine groups is 2. The summed E-state index contributed by atoms with van der Waals surface area (Å²) in [5.74, 6) is 0. The normalized spacial score (nSPS) is 9.52. The minimum atomic E-state index is 0. The zero-order valence-electron chi connectivity index (χ0n) is 16.5. The average Bonchev–Trinajstić information content (AvgIpc) is 2.77. The molecule has 0 atom stereocenters. The first-order valence-electron chi connectivity index (χ1n) is 7.61. The summed E-state index contributed by atoms with van der Waals surface area (Å²) in [6, 6.07) is 9.23. The number of rotatable bonds is 5. The van der Waals surface area contributed by atoms with Crippen LogP contribution in [0, 0.1) is 38.9 Å². The van der Waals surface area contributed by atoms with Gasteiger partial charge in [0.2, 0.25) is 0 Å². The summed E-state index contributed by atoms with van der Waals surface area (Å²) in [6.07, 6.45) is 4.98. The van der Waals surface area contributed by atoms with E-state index >= 15 is 0 Å². The number of pyridine rings is 1. The molecule has 1 rings (SSSR count). The zero-order chi connectivity index (χ0) is 22.2. The van der Waals surface area contributed by atoms with Crippen molar-refractivity contribution in [3.63, 3.8) is 0 Å². The van der Waals surface area contributed by atoms with E-state index in [-0.39, 0.29) is 34.6 Å². The van der Waals surface area contributed by atoms with E-state index in [0.29, 0.717) is 11.4 Å². The summed E-state index contributed by atoms with van der Waals surface area (Å²) < 4.78 is 0. The number of unbranched alkanes of at least 4 members (excludes halogenated alkanes) is 1. The largest absolute Gasteiger partial charge is 0.291 e. The maximum atomic E-state index is 9.65. The maximum Gasteiger partial charge on any atom is 0.103 e. The minimum Gasteiger partial charge on any atom is -0.291 e. The molecule has 0 spiro atoms. The summed E-state index contributed by atoms with van der Waals surface area (Å²) in [5.41, 5.74) is 4.87. The SMILES string of the molecule is C/C(N=O)=C(\C)NO.C/C(N=O)=C(\C)NO.N#C[CH-]CC#N.[Co].c1ccncc1. The van der Waals surface area contributed by atoms with Crippen LogP contribution in [0.1, 0.15) is 34.1 Å². The molecule has 0 aliphatic rings. The maximum absolute atomic E-state index is 9.65. The van der Waals surface area contributed by atoms with Gasteiger partial charge in [0.1, 0.15) is 11.4 Å². The molecule has 0 saturated carbocycles. The van der Waals surface area contributed by atoms with Gasteiger partial charge in [0.05, 0.1) is 11.4 Å². The summed E-state index contributed by atoms with van der Waals surface area (Å²) in [7, 11) is 0. The topological polar surface area (TPSA) is 184 Å². The van der Waals surface area contributed by atoms with Crippen molar-refractivity contribution < 1.29 is 27.2 Å². The van der Waals surface area contributed by atoms with Crippen molar-refractivity contribution in [1.29, 1.82) is 10.5 Å². The number of nitrogens with one attached hydrogen (secondary N) is 2. The van der Waals surface area contributed by atoms with Crippen molar-refractivity contribution in [2.24, 2.45) is 10.4 Å². The van der Waals surface area contributed by atoms with Crippen molar-refractivity contribution in [3.05, 3.63) is 69.6 Å². The molecule has 1 heterocycles. The number of aromatic nitrogens is 1. The first-order chi connectivity index (χ1) is 13.4. The van der Waals surface area contributed by atoms with Gasteiger partial charge in [-0.25, -0.2) is 10.5 Å². The van der Waals surface area contributed by atoms with Crippen LogP contribution in [-0.4, -0.2) is 15.4 Å². The van der Waals surface area contributed by atoms with Gasteiger partial charge in [-0.2, -0.15) is 0 Å². The zero-order valence-corrected chi connectivity index (χ0v) is 17.5. The third-order valence-corrected chi connectivity index (χ3v) is 2.55. The fraction of sp³-hybridized carbons (Fsp3) is 0.294. The van der Waals surface area contributed by atoms with Gasteiger partial charge >= 0.3 is 0 Å². The van der Waals surface area contributed by atoms with Gasteiger partial charge in [0, 0.05) is 35.2 Å². The second-order valence-electron chi connectivity index (χ2n) is 4.55. The van der Waals surface area contributed by atoms with Crippen LogP contribution in [0.2, 0.25) is 0 Å². The summed E-state index contributed by atoms with van der Waals surface area (Å²) in [5, 5.41) is 36.9. The van der Waals surface area contributed by atoms with Gasteiger partial charge in [0.25, 0.3) is 0 Å². The van der Waals surface area contributed by atoms with Crippen LogP contribution in [0.25, 0.3) is 0 Å². The summed E-state index contributed by atoms with van der Waals surface area (Å²) >= 11 is 0. The van der Waals surface area contributed by atoms with Crippen molar-refractivity contribution >= 4 is 0 Å². The van der Waals surface area contributed by atoms with E-state index in [1.807, 2.05) is 18.2 Å². The predicted octanol–water partition coefficient (Wildman–Crippen LogP) is 3.67. The van der Waals surface area contributed by atoms with Crippen molar-refractivity contribution in [2.45, 2.75) is 34.1 Å². The molecule has 29 heavy (non-hydrogen) atoms. The fourth-order valence-electron chi connectivity index (χ4n) is 0.703. The minimum absolute atomic E-state index is 0. The third-order valence-electron chi connectivity index (χ3n) is 2.55. The van der Waals surface area contributed by atoms with Crippen molar-refractivity contribution in [1.82, 2.24) is 15.9 Å². The smallest absolute Gasteiger partial charge is 0.103 e. The molecule has 0 aromatic carbocycles. The van der Waals surface area contributed by atoms with E-state index in [9.17, 15) is 9.81 Å². The Hall–Kier alpha value is -3.29. The van der Waals surface area contributed by atoms with Gasteiger partial charge in [-0.15, -0.1) is 15.9 Å². The molecule has 0 saturated heterocycles. The number of nitriles is 2. The molecule has 1 aromatic heterocycles. The Morgan fingerprint density at radius 3 is 1.48 bits per heavy atom. The van der Waals surface area contributed by atoms with Crippen LogP contribution in [0.4, 0.5) is 0 Å². The Bertz CT molecular complexity index is 613. The van der Waals surface area contributed by atoms with Crippen LogP contribution in [0.3, 0.4) is 0 Å². The van der Waals surface area contributed by atoms with E-state index in [4.69, 9.17) is 20.9 Å². The summed E-state index contributed by atoms with van der Waals surface area (Å²) in [4.78, 5) is 23.1. The average molecular weight is 449 g/mol. The predicted molar refractivity (Wildman–Crippen MR) is 103 cm³/mol. The second kappa shape index (κ2) is 26.9.